The van der Waals surface area contributed by atoms with Gasteiger partial charge in [0.25, 0.3) is 0 Å². The Balaban J connectivity index is 2.40. The second-order valence-electron chi connectivity index (χ2n) is 4.57. The minimum Gasteiger partial charge on any atom is -0.383 e. The lowest BCUT2D eigenvalue weighted by atomic mass is 10.1. The summed E-state index contributed by atoms with van der Waals surface area (Å²) < 4.78 is 30.8. The van der Waals surface area contributed by atoms with Gasteiger partial charge in [-0.15, -0.1) is 0 Å². The van der Waals surface area contributed by atoms with E-state index in [1.807, 2.05) is 0 Å². The highest BCUT2D eigenvalue weighted by Crippen LogP contribution is 2.10. The quantitative estimate of drug-likeness (QED) is 0.574. The first-order valence-corrected chi connectivity index (χ1v) is 8.57. The number of rotatable bonds is 9. The Morgan fingerprint density at radius 2 is 1.77 bits per heavy atom. The summed E-state index contributed by atoms with van der Waals surface area (Å²) in [5.41, 5.74) is 0.952. The van der Waals surface area contributed by atoms with E-state index < -0.39 is 10.0 Å². The summed E-state index contributed by atoms with van der Waals surface area (Å²) in [6.07, 6.45) is 0.624. The number of benzene rings is 1. The van der Waals surface area contributed by atoms with E-state index in [1.165, 1.54) is 0 Å². The zero-order chi connectivity index (χ0) is 16.4. The van der Waals surface area contributed by atoms with Crippen molar-refractivity contribution in [2.75, 3.05) is 33.4 Å². The third-order valence-electron chi connectivity index (χ3n) is 2.86. The van der Waals surface area contributed by atoms with Crippen LogP contribution in [0.1, 0.15) is 12.5 Å². The topological polar surface area (TPSA) is 96.5 Å². The number of hydrogen-bond acceptors (Lipinski definition) is 4. The zero-order valence-corrected chi connectivity index (χ0v) is 13.7. The number of methoxy groups -OCH3 is 1. The van der Waals surface area contributed by atoms with Crippen LogP contribution in [0.3, 0.4) is 0 Å². The molecule has 0 aliphatic carbocycles. The third-order valence-corrected chi connectivity index (χ3v) is 4.42. The van der Waals surface area contributed by atoms with Crippen molar-refractivity contribution in [2.45, 2.75) is 18.2 Å². The molecule has 0 spiro atoms. The number of urea groups is 1. The van der Waals surface area contributed by atoms with Crippen molar-refractivity contribution < 1.29 is 17.9 Å². The molecule has 22 heavy (non-hydrogen) atoms. The summed E-state index contributed by atoms with van der Waals surface area (Å²) in [5, 5.41) is 5.37. The van der Waals surface area contributed by atoms with Gasteiger partial charge in [0.15, 0.2) is 0 Å². The van der Waals surface area contributed by atoms with Gasteiger partial charge < -0.3 is 15.4 Å². The lowest BCUT2D eigenvalue weighted by Crippen LogP contribution is -2.38. The Morgan fingerprint density at radius 1 is 1.14 bits per heavy atom. The van der Waals surface area contributed by atoms with Gasteiger partial charge in [0.05, 0.1) is 11.5 Å². The van der Waals surface area contributed by atoms with E-state index in [-0.39, 0.29) is 10.9 Å². The minimum atomic E-state index is -3.42. The highest BCUT2D eigenvalue weighted by atomic mass is 32.2. The number of sulfonamides is 1. The third kappa shape index (κ3) is 6.42. The standard InChI is InChI=1S/C14H23N3O4S/c1-3-17-22(19,20)13-6-4-12(5-7-13)8-9-15-14(18)16-10-11-21-2/h4-7,17H,3,8-11H2,1-2H3,(H2,15,16,18). The molecule has 1 aromatic carbocycles. The Bertz CT molecular complexity index is 558. The van der Waals surface area contributed by atoms with Gasteiger partial charge in [-0.05, 0) is 24.1 Å². The van der Waals surface area contributed by atoms with Gasteiger partial charge >= 0.3 is 6.03 Å². The molecule has 124 valence electrons. The van der Waals surface area contributed by atoms with Crippen molar-refractivity contribution in [2.24, 2.45) is 0 Å². The van der Waals surface area contributed by atoms with Gasteiger partial charge in [0.2, 0.25) is 10.0 Å². The van der Waals surface area contributed by atoms with Crippen LogP contribution in [0.25, 0.3) is 0 Å². The molecule has 1 rings (SSSR count). The van der Waals surface area contributed by atoms with E-state index in [0.717, 1.165) is 5.56 Å². The Hall–Kier alpha value is -1.64. The van der Waals surface area contributed by atoms with Gasteiger partial charge in [-0.1, -0.05) is 19.1 Å². The first-order valence-electron chi connectivity index (χ1n) is 7.09. The predicted molar refractivity (Wildman–Crippen MR) is 84.3 cm³/mol. The van der Waals surface area contributed by atoms with Crippen LogP contribution in [0.4, 0.5) is 4.79 Å². The number of carbonyl (C=O) groups excluding carboxylic acids is 1. The molecule has 1 aromatic rings. The molecular weight excluding hydrogens is 306 g/mol. The molecular formula is C14H23N3O4S. The monoisotopic (exact) mass is 329 g/mol. The van der Waals surface area contributed by atoms with Crippen LogP contribution in [0.15, 0.2) is 29.2 Å². The molecule has 0 bridgehead atoms. The van der Waals surface area contributed by atoms with Crippen molar-refractivity contribution in [1.29, 1.82) is 0 Å². The smallest absolute Gasteiger partial charge is 0.314 e. The molecule has 0 saturated heterocycles. The van der Waals surface area contributed by atoms with Crippen LogP contribution in [0.5, 0.6) is 0 Å². The minimum absolute atomic E-state index is 0.239. The van der Waals surface area contributed by atoms with Gasteiger partial charge in [0, 0.05) is 26.7 Å². The first-order chi connectivity index (χ1) is 10.5. The van der Waals surface area contributed by atoms with Gasteiger partial charge in [-0.25, -0.2) is 17.9 Å². The van der Waals surface area contributed by atoms with Crippen molar-refractivity contribution in [3.63, 3.8) is 0 Å². The fourth-order valence-corrected chi connectivity index (χ4v) is 2.80. The Labute approximate surface area is 131 Å². The zero-order valence-electron chi connectivity index (χ0n) is 12.9. The maximum atomic E-state index is 11.8. The molecule has 8 heteroatoms. The van der Waals surface area contributed by atoms with Gasteiger partial charge in [-0.3, -0.25) is 0 Å². The Kier molecular flexibility index (Phi) is 7.86. The van der Waals surface area contributed by atoms with E-state index in [1.54, 1.807) is 38.3 Å². The molecule has 7 nitrogen and oxygen atoms in total. The number of carbonyl (C=O) groups is 1. The fourth-order valence-electron chi connectivity index (χ4n) is 1.76. The van der Waals surface area contributed by atoms with Crippen LogP contribution in [0, 0.1) is 0 Å². The molecule has 0 saturated carbocycles. The summed E-state index contributed by atoms with van der Waals surface area (Å²) in [7, 11) is -1.85. The summed E-state index contributed by atoms with van der Waals surface area (Å²) >= 11 is 0. The average Bonchev–Trinajstić information content (AvgIpc) is 2.48. The van der Waals surface area contributed by atoms with E-state index in [2.05, 4.69) is 15.4 Å². The van der Waals surface area contributed by atoms with Crippen molar-refractivity contribution >= 4 is 16.1 Å². The molecule has 3 N–H and O–H groups in total. The normalized spacial score (nSPS) is 11.2. The summed E-state index contributed by atoms with van der Waals surface area (Å²) in [4.78, 5) is 11.6. The molecule has 0 aliphatic rings. The molecule has 0 heterocycles. The van der Waals surface area contributed by atoms with E-state index >= 15 is 0 Å². The van der Waals surface area contributed by atoms with E-state index in [0.29, 0.717) is 32.7 Å². The molecule has 0 aliphatic heterocycles. The molecule has 0 fully saturated rings. The number of hydrogen-bond donors (Lipinski definition) is 3. The number of amides is 2. The van der Waals surface area contributed by atoms with Crippen LogP contribution in [-0.2, 0) is 21.2 Å². The SMILES string of the molecule is CCNS(=O)(=O)c1ccc(CCNC(=O)NCCOC)cc1. The maximum absolute atomic E-state index is 11.8. The molecule has 2 amide bonds. The average molecular weight is 329 g/mol. The largest absolute Gasteiger partial charge is 0.383 e. The lowest BCUT2D eigenvalue weighted by Gasteiger charge is -2.08. The molecule has 0 aromatic heterocycles. The number of nitrogens with one attached hydrogen (secondary N) is 3. The molecule has 0 atom stereocenters. The van der Waals surface area contributed by atoms with Crippen LogP contribution < -0.4 is 15.4 Å². The second kappa shape index (κ2) is 9.39. The van der Waals surface area contributed by atoms with Crippen LogP contribution in [-0.4, -0.2) is 47.8 Å². The van der Waals surface area contributed by atoms with E-state index in [9.17, 15) is 13.2 Å². The predicted octanol–water partition coefficient (Wildman–Crippen LogP) is 0.473. The summed E-state index contributed by atoms with van der Waals surface area (Å²) in [6, 6.07) is 6.37. The second-order valence-corrected chi connectivity index (χ2v) is 6.34. The van der Waals surface area contributed by atoms with Crippen LogP contribution in [0.2, 0.25) is 0 Å². The Morgan fingerprint density at radius 3 is 2.36 bits per heavy atom. The van der Waals surface area contributed by atoms with Crippen molar-refractivity contribution in [3.8, 4) is 0 Å². The molecule has 0 unspecified atom stereocenters. The van der Waals surface area contributed by atoms with Crippen molar-refractivity contribution in [1.82, 2.24) is 15.4 Å². The number of ether oxygens (including phenoxy) is 1. The van der Waals surface area contributed by atoms with Crippen LogP contribution >= 0.6 is 0 Å². The van der Waals surface area contributed by atoms with Crippen molar-refractivity contribution in [3.05, 3.63) is 29.8 Å². The summed E-state index contributed by atoms with van der Waals surface area (Å²) in [5.74, 6) is 0. The van der Waals surface area contributed by atoms with Gasteiger partial charge in [-0.2, -0.15) is 0 Å². The van der Waals surface area contributed by atoms with E-state index in [4.69, 9.17) is 4.74 Å². The maximum Gasteiger partial charge on any atom is 0.314 e. The van der Waals surface area contributed by atoms with Gasteiger partial charge in [0.1, 0.15) is 0 Å². The fraction of sp³-hybridized carbons (Fsp3) is 0.500. The first kappa shape index (κ1) is 18.4. The highest BCUT2D eigenvalue weighted by molar-refractivity contribution is 7.89. The highest BCUT2D eigenvalue weighted by Gasteiger charge is 2.11. The molecule has 0 radical (unpaired) electrons. The summed E-state index contributed by atoms with van der Waals surface area (Å²) in [6.45, 7) is 3.48. The lowest BCUT2D eigenvalue weighted by molar-refractivity contribution is 0.196.